The van der Waals surface area contributed by atoms with Gasteiger partial charge >= 0.3 is 0 Å². The molecule has 0 radical (unpaired) electrons. The van der Waals surface area contributed by atoms with E-state index in [9.17, 15) is 4.39 Å². The zero-order valence-corrected chi connectivity index (χ0v) is 13.1. The number of halogens is 2. The van der Waals surface area contributed by atoms with Gasteiger partial charge in [-0.1, -0.05) is 34.1 Å². The first-order valence-corrected chi connectivity index (χ1v) is 7.30. The summed E-state index contributed by atoms with van der Waals surface area (Å²) in [7, 11) is 1.88. The fourth-order valence-corrected chi connectivity index (χ4v) is 2.77. The molecule has 1 unspecified atom stereocenters. The molecule has 106 valence electrons. The van der Waals surface area contributed by atoms with E-state index in [0.717, 1.165) is 21.3 Å². The quantitative estimate of drug-likeness (QED) is 0.878. The lowest BCUT2D eigenvalue weighted by Crippen LogP contribution is -2.18. The minimum absolute atomic E-state index is 0.0228. The van der Waals surface area contributed by atoms with Crippen LogP contribution in [0.25, 0.3) is 0 Å². The highest BCUT2D eigenvalue weighted by atomic mass is 79.9. The SMILES string of the molecule is CCOc1cccc(C(NC)c2ccc(F)cc2Br)c1. The molecule has 0 fully saturated rings. The van der Waals surface area contributed by atoms with Gasteiger partial charge in [0.2, 0.25) is 0 Å². The van der Waals surface area contributed by atoms with Gasteiger partial charge in [-0.15, -0.1) is 0 Å². The number of ether oxygens (including phenoxy) is 1. The molecule has 1 N–H and O–H groups in total. The molecular weight excluding hydrogens is 321 g/mol. The molecule has 0 heterocycles. The van der Waals surface area contributed by atoms with E-state index in [0.29, 0.717) is 6.61 Å². The second kappa shape index (κ2) is 6.86. The predicted octanol–water partition coefficient (Wildman–Crippen LogP) is 4.30. The highest BCUT2D eigenvalue weighted by molar-refractivity contribution is 9.10. The van der Waals surface area contributed by atoms with Crippen LogP contribution in [-0.4, -0.2) is 13.7 Å². The number of rotatable bonds is 5. The van der Waals surface area contributed by atoms with E-state index in [1.165, 1.54) is 12.1 Å². The third-order valence-electron chi connectivity index (χ3n) is 3.06. The molecular formula is C16H17BrFNO. The molecule has 2 nitrogen and oxygen atoms in total. The van der Waals surface area contributed by atoms with Gasteiger partial charge in [-0.05, 0) is 49.4 Å². The van der Waals surface area contributed by atoms with Crippen LogP contribution in [0, 0.1) is 5.82 Å². The second-order valence-electron chi connectivity index (χ2n) is 4.39. The van der Waals surface area contributed by atoms with E-state index >= 15 is 0 Å². The van der Waals surface area contributed by atoms with Crippen molar-refractivity contribution in [2.45, 2.75) is 13.0 Å². The Labute approximate surface area is 127 Å². The number of benzene rings is 2. The Balaban J connectivity index is 2.38. The molecule has 0 saturated heterocycles. The smallest absolute Gasteiger partial charge is 0.124 e. The minimum Gasteiger partial charge on any atom is -0.494 e. The summed E-state index contributed by atoms with van der Waals surface area (Å²) >= 11 is 3.42. The zero-order valence-electron chi connectivity index (χ0n) is 11.5. The molecule has 0 spiro atoms. The third kappa shape index (κ3) is 3.38. The van der Waals surface area contributed by atoms with Crippen molar-refractivity contribution in [1.29, 1.82) is 0 Å². The first-order chi connectivity index (χ1) is 9.65. The monoisotopic (exact) mass is 337 g/mol. The molecule has 1 atom stereocenters. The van der Waals surface area contributed by atoms with Crippen molar-refractivity contribution in [1.82, 2.24) is 5.32 Å². The van der Waals surface area contributed by atoms with Crippen molar-refractivity contribution in [2.24, 2.45) is 0 Å². The molecule has 0 aromatic heterocycles. The normalized spacial score (nSPS) is 12.2. The van der Waals surface area contributed by atoms with Crippen LogP contribution >= 0.6 is 15.9 Å². The van der Waals surface area contributed by atoms with E-state index in [-0.39, 0.29) is 11.9 Å². The van der Waals surface area contributed by atoms with Crippen LogP contribution in [-0.2, 0) is 0 Å². The Kier molecular flexibility index (Phi) is 5.15. The molecule has 2 aromatic rings. The van der Waals surface area contributed by atoms with E-state index in [1.54, 1.807) is 6.07 Å². The van der Waals surface area contributed by atoms with Crippen molar-refractivity contribution in [3.63, 3.8) is 0 Å². The Morgan fingerprint density at radius 1 is 1.25 bits per heavy atom. The van der Waals surface area contributed by atoms with Gasteiger partial charge in [0, 0.05) is 4.47 Å². The highest BCUT2D eigenvalue weighted by Crippen LogP contribution is 2.30. The van der Waals surface area contributed by atoms with Crippen molar-refractivity contribution in [2.75, 3.05) is 13.7 Å². The summed E-state index contributed by atoms with van der Waals surface area (Å²) in [6.07, 6.45) is 0. The molecule has 20 heavy (non-hydrogen) atoms. The standard InChI is InChI=1S/C16H17BrFNO/c1-3-20-13-6-4-5-11(9-13)16(19-2)14-8-7-12(18)10-15(14)17/h4-10,16,19H,3H2,1-2H3. The van der Waals surface area contributed by atoms with Crippen LogP contribution in [0.1, 0.15) is 24.1 Å². The van der Waals surface area contributed by atoms with E-state index in [1.807, 2.05) is 38.2 Å². The molecule has 2 rings (SSSR count). The summed E-state index contributed by atoms with van der Waals surface area (Å²) in [5, 5.41) is 3.26. The van der Waals surface area contributed by atoms with Crippen LogP contribution in [0.4, 0.5) is 4.39 Å². The van der Waals surface area contributed by atoms with Gasteiger partial charge in [0.15, 0.2) is 0 Å². The highest BCUT2D eigenvalue weighted by Gasteiger charge is 2.16. The minimum atomic E-state index is -0.251. The molecule has 0 aliphatic rings. The largest absolute Gasteiger partial charge is 0.494 e. The number of hydrogen-bond donors (Lipinski definition) is 1. The maximum absolute atomic E-state index is 13.2. The average molecular weight is 338 g/mol. The molecule has 0 aliphatic carbocycles. The summed E-state index contributed by atoms with van der Waals surface area (Å²) in [4.78, 5) is 0. The van der Waals surface area contributed by atoms with E-state index < -0.39 is 0 Å². The van der Waals surface area contributed by atoms with Crippen molar-refractivity contribution in [3.05, 3.63) is 63.9 Å². The topological polar surface area (TPSA) is 21.3 Å². The first kappa shape index (κ1) is 15.0. The fourth-order valence-electron chi connectivity index (χ4n) is 2.19. The van der Waals surface area contributed by atoms with Gasteiger partial charge in [0.25, 0.3) is 0 Å². The molecule has 2 aromatic carbocycles. The summed E-state index contributed by atoms with van der Waals surface area (Å²) < 4.78 is 19.5. The van der Waals surface area contributed by atoms with Gasteiger partial charge in [0.1, 0.15) is 11.6 Å². The maximum atomic E-state index is 13.2. The molecule has 0 bridgehead atoms. The van der Waals surface area contributed by atoms with Crippen LogP contribution < -0.4 is 10.1 Å². The van der Waals surface area contributed by atoms with Crippen LogP contribution in [0.15, 0.2) is 46.9 Å². The summed E-state index contributed by atoms with van der Waals surface area (Å²) in [6.45, 7) is 2.59. The summed E-state index contributed by atoms with van der Waals surface area (Å²) in [5.41, 5.74) is 2.06. The average Bonchev–Trinajstić information content (AvgIpc) is 2.43. The summed E-state index contributed by atoms with van der Waals surface area (Å²) in [6, 6.07) is 12.6. The predicted molar refractivity (Wildman–Crippen MR) is 82.6 cm³/mol. The Morgan fingerprint density at radius 2 is 2.05 bits per heavy atom. The fraction of sp³-hybridized carbons (Fsp3) is 0.250. The molecule has 0 saturated carbocycles. The zero-order chi connectivity index (χ0) is 14.5. The molecule has 0 aliphatic heterocycles. The van der Waals surface area contributed by atoms with Crippen molar-refractivity contribution in [3.8, 4) is 5.75 Å². The third-order valence-corrected chi connectivity index (χ3v) is 3.75. The molecule has 4 heteroatoms. The van der Waals surface area contributed by atoms with Crippen LogP contribution in [0.3, 0.4) is 0 Å². The second-order valence-corrected chi connectivity index (χ2v) is 5.25. The van der Waals surface area contributed by atoms with E-state index in [2.05, 4.69) is 21.2 Å². The summed E-state index contributed by atoms with van der Waals surface area (Å²) in [5.74, 6) is 0.585. The van der Waals surface area contributed by atoms with Gasteiger partial charge in [-0.2, -0.15) is 0 Å². The van der Waals surface area contributed by atoms with Crippen LogP contribution in [0.5, 0.6) is 5.75 Å². The molecule has 0 amide bonds. The first-order valence-electron chi connectivity index (χ1n) is 6.50. The number of hydrogen-bond acceptors (Lipinski definition) is 2. The van der Waals surface area contributed by atoms with Gasteiger partial charge in [0.05, 0.1) is 12.6 Å². The van der Waals surface area contributed by atoms with Crippen LogP contribution in [0.2, 0.25) is 0 Å². The van der Waals surface area contributed by atoms with Crippen molar-refractivity contribution < 1.29 is 9.13 Å². The maximum Gasteiger partial charge on any atom is 0.124 e. The lowest BCUT2D eigenvalue weighted by Gasteiger charge is -2.19. The lowest BCUT2D eigenvalue weighted by atomic mass is 9.98. The Hall–Kier alpha value is -1.39. The van der Waals surface area contributed by atoms with E-state index in [4.69, 9.17) is 4.74 Å². The Morgan fingerprint density at radius 3 is 2.70 bits per heavy atom. The van der Waals surface area contributed by atoms with Gasteiger partial charge < -0.3 is 10.1 Å². The van der Waals surface area contributed by atoms with Crippen molar-refractivity contribution >= 4 is 15.9 Å². The van der Waals surface area contributed by atoms with Gasteiger partial charge in [-0.25, -0.2) is 4.39 Å². The van der Waals surface area contributed by atoms with Gasteiger partial charge in [-0.3, -0.25) is 0 Å². The Bertz CT molecular complexity index is 588. The lowest BCUT2D eigenvalue weighted by molar-refractivity contribution is 0.339. The number of nitrogens with one attached hydrogen (secondary N) is 1.